The lowest BCUT2D eigenvalue weighted by Crippen LogP contribution is -2.59. The highest BCUT2D eigenvalue weighted by Gasteiger charge is 2.61. The number of aliphatic hydroxyl groups is 4. The quantitative estimate of drug-likeness (QED) is 0.586. The van der Waals surface area contributed by atoms with Crippen molar-refractivity contribution >= 4 is 0 Å². The molecular weight excluding hydrogens is 288 g/mol. The summed E-state index contributed by atoms with van der Waals surface area (Å²) in [6.07, 6.45) is -2.82. The molecule has 0 aromatic rings. The van der Waals surface area contributed by atoms with Gasteiger partial charge in [0, 0.05) is 0 Å². The second-order valence-electron chi connectivity index (χ2n) is 8.00. The second kappa shape index (κ2) is 5.40. The molecule has 0 spiro atoms. The average Bonchev–Trinajstić information content (AvgIpc) is 2.80. The van der Waals surface area contributed by atoms with E-state index in [0.29, 0.717) is 5.92 Å². The normalized spacial score (nSPS) is 53.9. The summed E-state index contributed by atoms with van der Waals surface area (Å²) >= 11 is 0. The van der Waals surface area contributed by atoms with Crippen LogP contribution in [0.3, 0.4) is 0 Å². The standard InChI is InChI=1S/C16H28O6/c1-15(2)8-4-5-16(15,3)6-9(8)21-14-13(20)12(19)11(18)10(7-17)22-14/h8-14,17-20H,4-7H2,1-3H3/t8-,9-,10+,11+,12-,13+,14+,16+/m0/s1. The summed E-state index contributed by atoms with van der Waals surface area (Å²) in [6.45, 7) is 6.38. The minimum Gasteiger partial charge on any atom is -0.394 e. The Morgan fingerprint density at radius 3 is 2.27 bits per heavy atom. The highest BCUT2D eigenvalue weighted by atomic mass is 16.7. The van der Waals surface area contributed by atoms with Crippen LogP contribution in [0.25, 0.3) is 0 Å². The second-order valence-corrected chi connectivity index (χ2v) is 8.00. The third kappa shape index (κ3) is 2.24. The van der Waals surface area contributed by atoms with Gasteiger partial charge in [0.1, 0.15) is 24.4 Å². The average molecular weight is 316 g/mol. The number of hydrogen-bond donors (Lipinski definition) is 4. The lowest BCUT2D eigenvalue weighted by atomic mass is 9.71. The lowest BCUT2D eigenvalue weighted by molar-refractivity contribution is -0.315. The molecule has 3 fully saturated rings. The monoisotopic (exact) mass is 316 g/mol. The predicted molar refractivity (Wildman–Crippen MR) is 77.9 cm³/mol. The summed E-state index contributed by atoms with van der Waals surface area (Å²) in [6, 6.07) is 0. The Morgan fingerprint density at radius 2 is 1.77 bits per heavy atom. The van der Waals surface area contributed by atoms with Crippen LogP contribution in [-0.4, -0.2) is 63.8 Å². The summed E-state index contributed by atoms with van der Waals surface area (Å²) in [5, 5.41) is 39.0. The third-order valence-corrected chi connectivity index (χ3v) is 6.75. The molecule has 2 aliphatic carbocycles. The van der Waals surface area contributed by atoms with Crippen molar-refractivity contribution in [3.8, 4) is 0 Å². The Morgan fingerprint density at radius 1 is 1.09 bits per heavy atom. The van der Waals surface area contributed by atoms with Crippen molar-refractivity contribution < 1.29 is 29.9 Å². The van der Waals surface area contributed by atoms with Crippen LogP contribution in [0, 0.1) is 16.7 Å². The number of hydrogen-bond acceptors (Lipinski definition) is 6. The van der Waals surface area contributed by atoms with Crippen molar-refractivity contribution in [2.24, 2.45) is 16.7 Å². The van der Waals surface area contributed by atoms with Crippen molar-refractivity contribution in [2.75, 3.05) is 6.61 Å². The molecule has 1 heterocycles. The first-order chi connectivity index (χ1) is 10.2. The lowest BCUT2D eigenvalue weighted by Gasteiger charge is -2.41. The number of fused-ring (bicyclic) bond motifs is 2. The van der Waals surface area contributed by atoms with Gasteiger partial charge in [-0.2, -0.15) is 0 Å². The maximum Gasteiger partial charge on any atom is 0.186 e. The molecule has 0 aromatic heterocycles. The first-order valence-corrected chi connectivity index (χ1v) is 8.17. The Labute approximate surface area is 131 Å². The maximum atomic E-state index is 10.1. The van der Waals surface area contributed by atoms with Gasteiger partial charge in [-0.1, -0.05) is 20.8 Å². The first kappa shape index (κ1) is 16.6. The Balaban J connectivity index is 1.71. The van der Waals surface area contributed by atoms with Crippen LogP contribution in [-0.2, 0) is 9.47 Å². The van der Waals surface area contributed by atoms with Crippen molar-refractivity contribution in [3.63, 3.8) is 0 Å². The first-order valence-electron chi connectivity index (χ1n) is 8.17. The van der Waals surface area contributed by atoms with Crippen LogP contribution in [0.5, 0.6) is 0 Å². The molecule has 0 amide bonds. The van der Waals surface area contributed by atoms with Crippen molar-refractivity contribution in [1.82, 2.24) is 0 Å². The topological polar surface area (TPSA) is 99.4 Å². The molecule has 3 aliphatic rings. The van der Waals surface area contributed by atoms with E-state index >= 15 is 0 Å². The van der Waals surface area contributed by atoms with Crippen LogP contribution in [0.2, 0.25) is 0 Å². The van der Waals surface area contributed by atoms with Gasteiger partial charge in [-0.25, -0.2) is 0 Å². The summed E-state index contributed by atoms with van der Waals surface area (Å²) in [5.41, 5.74) is 0.391. The van der Waals surface area contributed by atoms with Crippen LogP contribution < -0.4 is 0 Å². The van der Waals surface area contributed by atoms with E-state index in [0.717, 1.165) is 12.8 Å². The van der Waals surface area contributed by atoms with E-state index in [1.54, 1.807) is 0 Å². The molecule has 2 bridgehead atoms. The van der Waals surface area contributed by atoms with E-state index in [1.807, 2.05) is 0 Å². The summed E-state index contributed by atoms with van der Waals surface area (Å²) in [7, 11) is 0. The molecule has 6 nitrogen and oxygen atoms in total. The zero-order chi connectivity index (χ0) is 16.3. The molecule has 1 aliphatic heterocycles. The predicted octanol–water partition coefficient (Wildman–Crippen LogP) is 0.0177. The van der Waals surface area contributed by atoms with Gasteiger partial charge in [-0.05, 0) is 36.0 Å². The molecule has 2 saturated carbocycles. The van der Waals surface area contributed by atoms with Crippen molar-refractivity contribution in [2.45, 2.75) is 76.8 Å². The SMILES string of the molecule is CC1(C)[C@H]2CC[C@]1(C)C[C@@H]2O[C@@H]1O[C@H](CO)[C@@H](O)[C@H](O)[C@H]1O. The van der Waals surface area contributed by atoms with Gasteiger partial charge in [0.05, 0.1) is 12.7 Å². The molecule has 0 aromatic carbocycles. The minimum atomic E-state index is -1.38. The number of aliphatic hydroxyl groups excluding tert-OH is 4. The molecule has 1 saturated heterocycles. The Bertz CT molecular complexity index is 422. The van der Waals surface area contributed by atoms with E-state index in [2.05, 4.69) is 20.8 Å². The molecule has 8 atom stereocenters. The molecule has 0 unspecified atom stereocenters. The fourth-order valence-electron chi connectivity index (χ4n) is 4.70. The molecule has 3 rings (SSSR count). The van der Waals surface area contributed by atoms with Crippen molar-refractivity contribution in [1.29, 1.82) is 0 Å². The highest BCUT2D eigenvalue weighted by Crippen LogP contribution is 2.66. The number of ether oxygens (including phenoxy) is 2. The highest BCUT2D eigenvalue weighted by molar-refractivity contribution is 5.10. The largest absolute Gasteiger partial charge is 0.394 e. The van der Waals surface area contributed by atoms with Gasteiger partial charge in [0.25, 0.3) is 0 Å². The van der Waals surface area contributed by atoms with Crippen molar-refractivity contribution in [3.05, 3.63) is 0 Å². The zero-order valence-electron chi connectivity index (χ0n) is 13.5. The van der Waals surface area contributed by atoms with Gasteiger partial charge in [-0.15, -0.1) is 0 Å². The van der Waals surface area contributed by atoms with E-state index in [4.69, 9.17) is 9.47 Å². The van der Waals surface area contributed by atoms with E-state index in [9.17, 15) is 20.4 Å². The molecule has 0 radical (unpaired) electrons. The Hall–Kier alpha value is -0.240. The van der Waals surface area contributed by atoms with Crippen LogP contribution in [0.1, 0.15) is 40.0 Å². The van der Waals surface area contributed by atoms with Gasteiger partial charge in [0.15, 0.2) is 6.29 Å². The summed E-state index contributed by atoms with van der Waals surface area (Å²) in [5.74, 6) is 0.393. The molecule has 22 heavy (non-hydrogen) atoms. The molecular formula is C16H28O6. The molecule has 6 heteroatoms. The van der Waals surface area contributed by atoms with E-state index in [1.165, 1.54) is 6.42 Å². The van der Waals surface area contributed by atoms with Gasteiger partial charge < -0.3 is 29.9 Å². The maximum absolute atomic E-state index is 10.1. The summed E-state index contributed by atoms with van der Waals surface area (Å²) in [4.78, 5) is 0. The van der Waals surface area contributed by atoms with Crippen LogP contribution in [0.15, 0.2) is 0 Å². The van der Waals surface area contributed by atoms with Gasteiger partial charge in [0.2, 0.25) is 0 Å². The van der Waals surface area contributed by atoms with E-state index < -0.39 is 37.3 Å². The molecule has 4 N–H and O–H groups in total. The van der Waals surface area contributed by atoms with E-state index in [-0.39, 0.29) is 16.9 Å². The zero-order valence-corrected chi connectivity index (χ0v) is 13.5. The van der Waals surface area contributed by atoms with Gasteiger partial charge >= 0.3 is 0 Å². The van der Waals surface area contributed by atoms with Crippen LogP contribution in [0.4, 0.5) is 0 Å². The molecule has 128 valence electrons. The minimum absolute atomic E-state index is 0.0322. The fourth-order valence-corrected chi connectivity index (χ4v) is 4.70. The van der Waals surface area contributed by atoms with Gasteiger partial charge in [-0.3, -0.25) is 0 Å². The fraction of sp³-hybridized carbons (Fsp3) is 1.00. The summed E-state index contributed by atoms with van der Waals surface area (Å²) < 4.78 is 11.5. The third-order valence-electron chi connectivity index (χ3n) is 6.75. The smallest absolute Gasteiger partial charge is 0.186 e. The number of rotatable bonds is 3. The Kier molecular flexibility index (Phi) is 4.07. The van der Waals surface area contributed by atoms with Crippen LogP contribution >= 0.6 is 0 Å².